The number of rotatable bonds is 2. The Balaban J connectivity index is 2.51. The third-order valence-corrected chi connectivity index (χ3v) is 2.84. The molecule has 1 aromatic carbocycles. The number of hydrogen-bond acceptors (Lipinski definition) is 4. The van der Waals surface area contributed by atoms with E-state index >= 15 is 0 Å². The van der Waals surface area contributed by atoms with E-state index in [0.29, 0.717) is 34.4 Å². The van der Waals surface area contributed by atoms with Crippen molar-refractivity contribution in [3.05, 3.63) is 23.3 Å². The van der Waals surface area contributed by atoms with Gasteiger partial charge in [0.15, 0.2) is 0 Å². The molecule has 0 unspecified atom stereocenters. The summed E-state index contributed by atoms with van der Waals surface area (Å²) in [7, 11) is 0. The molecular formula is C10H10BrN3O2. The number of nitrogens with zero attached hydrogens (tertiary/aromatic N) is 1. The highest BCUT2D eigenvalue weighted by molar-refractivity contribution is 9.09. The van der Waals surface area contributed by atoms with Gasteiger partial charge in [0, 0.05) is 11.9 Å². The van der Waals surface area contributed by atoms with Crippen LogP contribution in [0, 0.1) is 0 Å². The van der Waals surface area contributed by atoms with Crippen molar-refractivity contribution in [3.8, 4) is 0 Å². The van der Waals surface area contributed by atoms with E-state index in [1.54, 1.807) is 0 Å². The van der Waals surface area contributed by atoms with Gasteiger partial charge in [-0.25, -0.2) is 0 Å². The van der Waals surface area contributed by atoms with Gasteiger partial charge in [0.2, 0.25) is 0 Å². The number of carbonyl (C=O) groups is 2. The first-order valence-electron chi connectivity index (χ1n) is 4.67. The number of benzene rings is 1. The summed E-state index contributed by atoms with van der Waals surface area (Å²) in [6.45, 7) is 0.339. The highest BCUT2D eigenvalue weighted by Gasteiger charge is 2.35. The first-order valence-corrected chi connectivity index (χ1v) is 5.79. The maximum absolute atomic E-state index is 11.8. The van der Waals surface area contributed by atoms with Crippen LogP contribution in [0.15, 0.2) is 12.1 Å². The van der Waals surface area contributed by atoms with Crippen LogP contribution >= 0.6 is 15.9 Å². The number of anilines is 2. The van der Waals surface area contributed by atoms with Crippen molar-refractivity contribution < 1.29 is 9.59 Å². The molecule has 0 bridgehead atoms. The minimum Gasteiger partial charge on any atom is -0.397 e. The van der Waals surface area contributed by atoms with Crippen LogP contribution in [0.3, 0.4) is 0 Å². The maximum Gasteiger partial charge on any atom is 0.261 e. The molecule has 2 amide bonds. The van der Waals surface area contributed by atoms with E-state index < -0.39 is 0 Å². The molecule has 4 N–H and O–H groups in total. The van der Waals surface area contributed by atoms with Gasteiger partial charge in [-0.1, -0.05) is 15.9 Å². The van der Waals surface area contributed by atoms with Crippen LogP contribution in [-0.2, 0) is 0 Å². The second kappa shape index (κ2) is 3.79. The fraction of sp³-hybridized carbons (Fsp3) is 0.200. The normalized spacial score (nSPS) is 14.4. The Morgan fingerprint density at radius 3 is 1.88 bits per heavy atom. The summed E-state index contributed by atoms with van der Waals surface area (Å²) in [6.07, 6.45) is 0. The van der Waals surface area contributed by atoms with Crippen LogP contribution in [0.1, 0.15) is 20.7 Å². The molecule has 1 aromatic rings. The predicted octanol–water partition coefficient (Wildman–Crippen LogP) is 0.842. The van der Waals surface area contributed by atoms with Gasteiger partial charge >= 0.3 is 0 Å². The van der Waals surface area contributed by atoms with Gasteiger partial charge in [0.25, 0.3) is 11.8 Å². The van der Waals surface area contributed by atoms with Crippen molar-refractivity contribution in [3.63, 3.8) is 0 Å². The summed E-state index contributed by atoms with van der Waals surface area (Å²) in [5.74, 6) is -0.627. The number of fused-ring (bicyclic) bond motifs is 1. The van der Waals surface area contributed by atoms with Gasteiger partial charge in [0.1, 0.15) is 0 Å². The zero-order chi connectivity index (χ0) is 11.9. The number of amides is 2. The lowest BCUT2D eigenvalue weighted by Gasteiger charge is -2.10. The Hall–Kier alpha value is -1.56. The number of hydrogen-bond donors (Lipinski definition) is 2. The van der Waals surface area contributed by atoms with Crippen molar-refractivity contribution in [1.29, 1.82) is 0 Å². The molecule has 0 spiro atoms. The van der Waals surface area contributed by atoms with Crippen LogP contribution in [0.5, 0.6) is 0 Å². The number of imide groups is 1. The average Bonchev–Trinajstić information content (AvgIpc) is 2.46. The molecule has 0 aromatic heterocycles. The molecule has 6 heteroatoms. The molecule has 0 atom stereocenters. The topological polar surface area (TPSA) is 89.4 Å². The molecule has 5 nitrogen and oxygen atoms in total. The van der Waals surface area contributed by atoms with Crippen molar-refractivity contribution in [2.24, 2.45) is 0 Å². The first-order chi connectivity index (χ1) is 7.56. The van der Waals surface area contributed by atoms with E-state index in [1.165, 1.54) is 17.0 Å². The smallest absolute Gasteiger partial charge is 0.261 e. The zero-order valence-electron chi connectivity index (χ0n) is 8.37. The van der Waals surface area contributed by atoms with Gasteiger partial charge in [-0.05, 0) is 12.1 Å². The lowest BCUT2D eigenvalue weighted by Crippen LogP contribution is -2.31. The Bertz CT molecular complexity index is 446. The highest BCUT2D eigenvalue weighted by atomic mass is 79.9. The molecule has 1 aliphatic rings. The molecule has 0 aliphatic carbocycles. The van der Waals surface area contributed by atoms with E-state index in [9.17, 15) is 9.59 Å². The average molecular weight is 284 g/mol. The lowest BCUT2D eigenvalue weighted by molar-refractivity contribution is 0.0665. The number of alkyl halides is 1. The number of halogens is 1. The minimum absolute atomic E-state index is 0.314. The molecule has 1 aliphatic heterocycles. The third-order valence-electron chi connectivity index (χ3n) is 2.48. The number of carbonyl (C=O) groups excluding carboxylic acids is 2. The van der Waals surface area contributed by atoms with E-state index in [4.69, 9.17) is 11.5 Å². The van der Waals surface area contributed by atoms with E-state index in [-0.39, 0.29) is 11.8 Å². The SMILES string of the molecule is Nc1cc2c(cc1N)C(=O)N(CCBr)C2=O. The third kappa shape index (κ3) is 1.46. The molecule has 0 radical (unpaired) electrons. The molecule has 16 heavy (non-hydrogen) atoms. The Labute approximate surface area is 101 Å². The zero-order valence-corrected chi connectivity index (χ0v) is 9.95. The Morgan fingerprint density at radius 1 is 1.06 bits per heavy atom. The van der Waals surface area contributed by atoms with Gasteiger partial charge in [-0.15, -0.1) is 0 Å². The monoisotopic (exact) mass is 283 g/mol. The first kappa shape index (κ1) is 10.9. The molecule has 0 saturated carbocycles. The Kier molecular flexibility index (Phi) is 2.59. The molecule has 0 fully saturated rings. The van der Waals surface area contributed by atoms with Crippen LogP contribution in [0.4, 0.5) is 11.4 Å². The number of nitrogen functional groups attached to an aromatic ring is 2. The van der Waals surface area contributed by atoms with Crippen molar-refractivity contribution in [2.45, 2.75) is 0 Å². The molecular weight excluding hydrogens is 274 g/mol. The van der Waals surface area contributed by atoms with Crippen LogP contribution in [-0.4, -0.2) is 28.6 Å². The largest absolute Gasteiger partial charge is 0.397 e. The fourth-order valence-corrected chi connectivity index (χ4v) is 2.01. The minimum atomic E-state index is -0.314. The van der Waals surface area contributed by atoms with E-state index in [2.05, 4.69) is 15.9 Å². The Morgan fingerprint density at radius 2 is 1.50 bits per heavy atom. The van der Waals surface area contributed by atoms with Gasteiger partial charge in [-0.3, -0.25) is 14.5 Å². The lowest BCUT2D eigenvalue weighted by atomic mass is 10.1. The summed E-state index contributed by atoms with van der Waals surface area (Å²) in [6, 6.07) is 2.91. The number of nitrogens with two attached hydrogens (primary N) is 2. The van der Waals surface area contributed by atoms with Crippen LogP contribution in [0.25, 0.3) is 0 Å². The van der Waals surface area contributed by atoms with Crippen molar-refractivity contribution in [2.75, 3.05) is 23.3 Å². The summed E-state index contributed by atoms with van der Waals surface area (Å²) in [5, 5.41) is 0.545. The maximum atomic E-state index is 11.8. The predicted molar refractivity (Wildman–Crippen MR) is 64.4 cm³/mol. The van der Waals surface area contributed by atoms with Crippen molar-refractivity contribution in [1.82, 2.24) is 4.90 Å². The van der Waals surface area contributed by atoms with E-state index in [0.717, 1.165) is 0 Å². The van der Waals surface area contributed by atoms with Gasteiger partial charge in [-0.2, -0.15) is 0 Å². The molecule has 1 heterocycles. The van der Waals surface area contributed by atoms with Crippen LogP contribution in [0.2, 0.25) is 0 Å². The molecule has 0 saturated heterocycles. The van der Waals surface area contributed by atoms with Crippen LogP contribution < -0.4 is 11.5 Å². The van der Waals surface area contributed by atoms with E-state index in [1.807, 2.05) is 0 Å². The summed E-state index contributed by atoms with van der Waals surface area (Å²) >= 11 is 3.19. The second-order valence-electron chi connectivity index (χ2n) is 3.48. The summed E-state index contributed by atoms with van der Waals surface area (Å²) in [5.41, 5.74) is 12.5. The van der Waals surface area contributed by atoms with Crippen molar-refractivity contribution >= 4 is 39.1 Å². The van der Waals surface area contributed by atoms with Gasteiger partial charge < -0.3 is 11.5 Å². The summed E-state index contributed by atoms with van der Waals surface area (Å²) in [4.78, 5) is 24.9. The van der Waals surface area contributed by atoms with Gasteiger partial charge in [0.05, 0.1) is 22.5 Å². The molecule has 2 rings (SSSR count). The molecule has 84 valence electrons. The highest BCUT2D eigenvalue weighted by Crippen LogP contribution is 2.28. The quantitative estimate of drug-likeness (QED) is 0.478. The summed E-state index contributed by atoms with van der Waals surface area (Å²) < 4.78 is 0. The standard InChI is InChI=1S/C10H10BrN3O2/c11-1-2-14-9(15)5-3-7(12)8(13)4-6(5)10(14)16/h3-4H,1-2,12-13H2. The fourth-order valence-electron chi connectivity index (χ4n) is 1.66. The second-order valence-corrected chi connectivity index (χ2v) is 4.27.